The van der Waals surface area contributed by atoms with Crippen molar-refractivity contribution in [2.45, 2.75) is 38.6 Å². The molecule has 0 saturated heterocycles. The molecule has 1 aromatic heterocycles. The van der Waals surface area contributed by atoms with Crippen LogP contribution >= 0.6 is 0 Å². The molecule has 3 rings (SSSR count). The zero-order chi connectivity index (χ0) is 14.7. The first-order valence-corrected chi connectivity index (χ1v) is 7.56. The van der Waals surface area contributed by atoms with E-state index in [0.29, 0.717) is 17.9 Å². The number of carbonyl (C=O) groups excluding carboxylic acids is 1. The zero-order valence-corrected chi connectivity index (χ0v) is 12.2. The lowest BCUT2D eigenvalue weighted by molar-refractivity contribution is -0.117. The van der Waals surface area contributed by atoms with E-state index < -0.39 is 0 Å². The van der Waals surface area contributed by atoms with Crippen LogP contribution in [-0.4, -0.2) is 16.9 Å². The van der Waals surface area contributed by atoms with Gasteiger partial charge in [0, 0.05) is 18.2 Å². The lowest BCUT2D eigenvalue weighted by Crippen LogP contribution is -2.40. The molecule has 2 atom stereocenters. The Morgan fingerprint density at radius 2 is 2.14 bits per heavy atom. The molecule has 1 aliphatic rings. The first kappa shape index (κ1) is 13.9. The average Bonchev–Trinajstić information content (AvgIpc) is 2.90. The highest BCUT2D eigenvalue weighted by molar-refractivity contribution is 5.91. The van der Waals surface area contributed by atoms with E-state index in [1.165, 1.54) is 25.3 Å². The second-order valence-corrected chi connectivity index (χ2v) is 5.73. The maximum Gasteiger partial charge on any atom is 0.244 e. The lowest BCUT2D eigenvalue weighted by atomic mass is 9.86. The highest BCUT2D eigenvalue weighted by Gasteiger charge is 2.21. The Morgan fingerprint density at radius 3 is 2.95 bits per heavy atom. The minimum atomic E-state index is -0.0731. The van der Waals surface area contributed by atoms with Crippen LogP contribution in [-0.2, 0) is 4.79 Å². The zero-order valence-electron chi connectivity index (χ0n) is 12.2. The van der Waals surface area contributed by atoms with Crippen molar-refractivity contribution >= 4 is 23.1 Å². The van der Waals surface area contributed by atoms with Gasteiger partial charge in [0.2, 0.25) is 11.8 Å². The van der Waals surface area contributed by atoms with Crippen LogP contribution in [0.4, 0.5) is 0 Å². The van der Waals surface area contributed by atoms with E-state index in [0.717, 1.165) is 17.5 Å². The molecule has 21 heavy (non-hydrogen) atoms. The Balaban J connectivity index is 1.63. The summed E-state index contributed by atoms with van der Waals surface area (Å²) in [5, 5.41) is 3.08. The van der Waals surface area contributed by atoms with Crippen LogP contribution in [0.3, 0.4) is 0 Å². The number of fused-ring (bicyclic) bond motifs is 1. The first-order valence-electron chi connectivity index (χ1n) is 7.56. The Kier molecular flexibility index (Phi) is 4.04. The Labute approximate surface area is 124 Å². The molecule has 110 valence electrons. The van der Waals surface area contributed by atoms with Crippen LogP contribution in [0.5, 0.6) is 0 Å². The van der Waals surface area contributed by atoms with E-state index in [-0.39, 0.29) is 5.91 Å². The number of hydrogen-bond acceptors (Lipinski definition) is 3. The van der Waals surface area contributed by atoms with Crippen molar-refractivity contribution in [2.24, 2.45) is 5.92 Å². The van der Waals surface area contributed by atoms with Gasteiger partial charge in [-0.2, -0.15) is 0 Å². The quantitative estimate of drug-likeness (QED) is 0.877. The number of para-hydroxylation sites is 2. The van der Waals surface area contributed by atoms with Crippen LogP contribution in [0.15, 0.2) is 34.8 Å². The van der Waals surface area contributed by atoms with Crippen molar-refractivity contribution in [2.75, 3.05) is 0 Å². The number of benzene rings is 1. The summed E-state index contributed by atoms with van der Waals surface area (Å²) in [6, 6.07) is 7.86. The number of hydrogen-bond donors (Lipinski definition) is 1. The van der Waals surface area contributed by atoms with Gasteiger partial charge in [0.25, 0.3) is 0 Å². The predicted octanol–water partition coefficient (Wildman–Crippen LogP) is 3.54. The normalized spacial score (nSPS) is 22.7. The fraction of sp³-hybridized carbons (Fsp3) is 0.412. The molecule has 1 aromatic carbocycles. The van der Waals surface area contributed by atoms with E-state index in [9.17, 15) is 4.79 Å². The molecule has 2 aromatic rings. The Morgan fingerprint density at radius 1 is 1.33 bits per heavy atom. The molecule has 4 heteroatoms. The minimum Gasteiger partial charge on any atom is -0.437 e. The Bertz CT molecular complexity index is 627. The summed E-state index contributed by atoms with van der Waals surface area (Å²) in [5.41, 5.74) is 1.54. The second kappa shape index (κ2) is 6.12. The predicted molar refractivity (Wildman–Crippen MR) is 82.6 cm³/mol. The largest absolute Gasteiger partial charge is 0.437 e. The molecule has 1 amide bonds. The van der Waals surface area contributed by atoms with Gasteiger partial charge >= 0.3 is 0 Å². The van der Waals surface area contributed by atoms with Gasteiger partial charge in [-0.1, -0.05) is 31.9 Å². The SMILES string of the molecule is CC1CCCCC1NC(=O)/C=C/c1nc2ccccc2o1. The van der Waals surface area contributed by atoms with Crippen LogP contribution in [0.2, 0.25) is 0 Å². The number of carbonyl (C=O) groups is 1. The monoisotopic (exact) mass is 284 g/mol. The number of amides is 1. The van der Waals surface area contributed by atoms with E-state index >= 15 is 0 Å². The molecule has 2 unspecified atom stereocenters. The molecule has 1 heterocycles. The molecule has 4 nitrogen and oxygen atoms in total. The highest BCUT2D eigenvalue weighted by Crippen LogP contribution is 2.23. The van der Waals surface area contributed by atoms with Gasteiger partial charge in [-0.05, 0) is 30.9 Å². The van der Waals surface area contributed by atoms with E-state index in [1.54, 1.807) is 6.08 Å². The van der Waals surface area contributed by atoms with Crippen molar-refractivity contribution < 1.29 is 9.21 Å². The number of aromatic nitrogens is 1. The molecular weight excluding hydrogens is 264 g/mol. The molecule has 1 fully saturated rings. The summed E-state index contributed by atoms with van der Waals surface area (Å²) >= 11 is 0. The summed E-state index contributed by atoms with van der Waals surface area (Å²) in [6.45, 7) is 2.20. The summed E-state index contributed by atoms with van der Waals surface area (Å²) < 4.78 is 5.55. The number of oxazole rings is 1. The van der Waals surface area contributed by atoms with Gasteiger partial charge in [0.1, 0.15) is 5.52 Å². The fourth-order valence-electron chi connectivity index (χ4n) is 2.87. The summed E-state index contributed by atoms with van der Waals surface area (Å²) in [7, 11) is 0. The highest BCUT2D eigenvalue weighted by atomic mass is 16.3. The van der Waals surface area contributed by atoms with E-state index in [4.69, 9.17) is 4.42 Å². The molecule has 1 N–H and O–H groups in total. The standard InChI is InChI=1S/C17H20N2O2/c1-12-6-2-3-7-13(12)18-16(20)10-11-17-19-14-8-4-5-9-15(14)21-17/h4-5,8-13H,2-3,6-7H2,1H3,(H,18,20)/b11-10+. The average molecular weight is 284 g/mol. The van der Waals surface area contributed by atoms with Crippen molar-refractivity contribution in [1.29, 1.82) is 0 Å². The maximum absolute atomic E-state index is 12.0. The second-order valence-electron chi connectivity index (χ2n) is 5.73. The topological polar surface area (TPSA) is 55.1 Å². The molecular formula is C17H20N2O2. The van der Waals surface area contributed by atoms with E-state index in [2.05, 4.69) is 17.2 Å². The molecule has 0 radical (unpaired) electrons. The third kappa shape index (κ3) is 3.32. The summed E-state index contributed by atoms with van der Waals surface area (Å²) in [5.74, 6) is 0.944. The molecule has 0 aliphatic heterocycles. The third-order valence-electron chi connectivity index (χ3n) is 4.13. The van der Waals surface area contributed by atoms with Gasteiger partial charge in [-0.25, -0.2) is 4.98 Å². The maximum atomic E-state index is 12.0. The third-order valence-corrected chi connectivity index (χ3v) is 4.13. The van der Waals surface area contributed by atoms with Gasteiger partial charge in [0.15, 0.2) is 5.58 Å². The van der Waals surface area contributed by atoms with Crippen LogP contribution < -0.4 is 5.32 Å². The number of nitrogens with one attached hydrogen (secondary N) is 1. The molecule has 1 aliphatic carbocycles. The fourth-order valence-corrected chi connectivity index (χ4v) is 2.87. The van der Waals surface area contributed by atoms with Crippen LogP contribution in [0.1, 0.15) is 38.5 Å². The van der Waals surface area contributed by atoms with Crippen LogP contribution in [0, 0.1) is 5.92 Å². The van der Waals surface area contributed by atoms with E-state index in [1.807, 2.05) is 24.3 Å². The molecule has 0 bridgehead atoms. The smallest absolute Gasteiger partial charge is 0.244 e. The lowest BCUT2D eigenvalue weighted by Gasteiger charge is -2.28. The van der Waals surface area contributed by atoms with Gasteiger partial charge in [-0.15, -0.1) is 0 Å². The van der Waals surface area contributed by atoms with Crippen molar-refractivity contribution in [3.05, 3.63) is 36.2 Å². The minimum absolute atomic E-state index is 0.0731. The number of nitrogens with zero attached hydrogens (tertiary/aromatic N) is 1. The summed E-state index contributed by atoms with van der Waals surface area (Å²) in [6.07, 6.45) is 7.87. The van der Waals surface area contributed by atoms with Gasteiger partial charge < -0.3 is 9.73 Å². The molecule has 1 saturated carbocycles. The van der Waals surface area contributed by atoms with Crippen molar-refractivity contribution in [3.63, 3.8) is 0 Å². The number of rotatable bonds is 3. The van der Waals surface area contributed by atoms with Gasteiger partial charge in [0.05, 0.1) is 0 Å². The van der Waals surface area contributed by atoms with Gasteiger partial charge in [-0.3, -0.25) is 4.79 Å². The molecule has 0 spiro atoms. The van der Waals surface area contributed by atoms with Crippen molar-refractivity contribution in [1.82, 2.24) is 10.3 Å². The Hall–Kier alpha value is -2.10. The van der Waals surface area contributed by atoms with Crippen molar-refractivity contribution in [3.8, 4) is 0 Å². The summed E-state index contributed by atoms with van der Waals surface area (Å²) in [4.78, 5) is 16.3. The van der Waals surface area contributed by atoms with Crippen LogP contribution in [0.25, 0.3) is 17.2 Å². The first-order chi connectivity index (χ1) is 10.2.